The molecule has 0 aliphatic heterocycles. The smallest absolute Gasteiger partial charge is 0.220 e. The molecule has 0 saturated carbocycles. The number of hydrogen-bond acceptors (Lipinski definition) is 2. The van der Waals surface area contributed by atoms with E-state index >= 15 is 0 Å². The summed E-state index contributed by atoms with van der Waals surface area (Å²) in [5.41, 5.74) is 8.65. The molecular formula is C17H19ClN2O. The van der Waals surface area contributed by atoms with Crippen molar-refractivity contribution in [2.45, 2.75) is 19.3 Å². The van der Waals surface area contributed by atoms with Crippen molar-refractivity contribution < 1.29 is 4.79 Å². The van der Waals surface area contributed by atoms with Crippen LogP contribution in [0.4, 0.5) is 5.69 Å². The van der Waals surface area contributed by atoms with Crippen LogP contribution >= 0.6 is 11.6 Å². The topological polar surface area (TPSA) is 55.1 Å². The molecule has 0 atom stereocenters. The number of amides is 1. The fourth-order valence-electron chi connectivity index (χ4n) is 2.13. The van der Waals surface area contributed by atoms with Crippen molar-refractivity contribution in [1.29, 1.82) is 0 Å². The minimum absolute atomic E-state index is 0.0550. The fraction of sp³-hybridized carbons (Fsp3) is 0.235. The van der Waals surface area contributed by atoms with E-state index < -0.39 is 0 Å². The Morgan fingerprint density at radius 2 is 1.76 bits per heavy atom. The van der Waals surface area contributed by atoms with E-state index in [4.69, 9.17) is 17.3 Å². The van der Waals surface area contributed by atoms with Crippen LogP contribution in [0.25, 0.3) is 0 Å². The first-order chi connectivity index (χ1) is 10.1. The minimum atomic E-state index is 0.0550. The van der Waals surface area contributed by atoms with Gasteiger partial charge in [0.2, 0.25) is 5.91 Å². The second-order valence-electron chi connectivity index (χ2n) is 4.97. The summed E-state index contributed by atoms with van der Waals surface area (Å²) in [7, 11) is 0. The molecule has 21 heavy (non-hydrogen) atoms. The first-order valence-corrected chi connectivity index (χ1v) is 7.37. The Morgan fingerprint density at radius 1 is 1.05 bits per heavy atom. The number of benzene rings is 2. The van der Waals surface area contributed by atoms with Gasteiger partial charge in [0.1, 0.15) is 0 Å². The predicted molar refractivity (Wildman–Crippen MR) is 87.3 cm³/mol. The molecule has 2 aromatic carbocycles. The maximum Gasteiger partial charge on any atom is 0.220 e. The molecule has 2 rings (SSSR count). The normalized spacial score (nSPS) is 10.3. The van der Waals surface area contributed by atoms with Crippen LogP contribution in [0.15, 0.2) is 48.5 Å². The van der Waals surface area contributed by atoms with Crippen molar-refractivity contribution in [3.05, 3.63) is 64.7 Å². The Kier molecular flexibility index (Phi) is 5.64. The van der Waals surface area contributed by atoms with Gasteiger partial charge < -0.3 is 11.1 Å². The van der Waals surface area contributed by atoms with Crippen LogP contribution in [-0.4, -0.2) is 12.5 Å². The summed E-state index contributed by atoms with van der Waals surface area (Å²) in [5, 5.41) is 3.64. The first kappa shape index (κ1) is 15.4. The van der Waals surface area contributed by atoms with Gasteiger partial charge in [-0.1, -0.05) is 35.9 Å². The maximum absolute atomic E-state index is 11.8. The Hall–Kier alpha value is -2.00. The molecule has 0 aliphatic rings. The van der Waals surface area contributed by atoms with Gasteiger partial charge in [-0.25, -0.2) is 0 Å². The van der Waals surface area contributed by atoms with E-state index in [0.717, 1.165) is 28.3 Å². The lowest BCUT2D eigenvalue weighted by Gasteiger charge is -2.06. The van der Waals surface area contributed by atoms with Gasteiger partial charge >= 0.3 is 0 Å². The molecule has 0 aliphatic carbocycles. The summed E-state index contributed by atoms with van der Waals surface area (Å²) in [5.74, 6) is 0.0550. The van der Waals surface area contributed by atoms with Crippen LogP contribution in [0.3, 0.4) is 0 Å². The lowest BCUT2D eigenvalue weighted by Crippen LogP contribution is -2.25. The molecule has 3 N–H and O–H groups in total. The minimum Gasteiger partial charge on any atom is -0.399 e. The van der Waals surface area contributed by atoms with Crippen molar-refractivity contribution >= 4 is 23.2 Å². The molecule has 0 fully saturated rings. The predicted octanol–water partition coefficient (Wildman–Crippen LogP) is 3.21. The highest BCUT2D eigenvalue weighted by molar-refractivity contribution is 6.30. The molecule has 0 unspecified atom stereocenters. The Labute approximate surface area is 130 Å². The van der Waals surface area contributed by atoms with Gasteiger partial charge in [-0.15, -0.1) is 0 Å². The fourth-order valence-corrected chi connectivity index (χ4v) is 2.35. The quantitative estimate of drug-likeness (QED) is 0.805. The van der Waals surface area contributed by atoms with E-state index in [-0.39, 0.29) is 5.91 Å². The molecule has 4 heteroatoms. The molecule has 0 aromatic heterocycles. The van der Waals surface area contributed by atoms with E-state index in [0.29, 0.717) is 19.4 Å². The molecule has 2 aromatic rings. The number of hydrogen-bond donors (Lipinski definition) is 2. The van der Waals surface area contributed by atoms with Crippen LogP contribution in [0.1, 0.15) is 17.5 Å². The zero-order valence-electron chi connectivity index (χ0n) is 11.8. The lowest BCUT2D eigenvalue weighted by atomic mass is 10.1. The van der Waals surface area contributed by atoms with Crippen molar-refractivity contribution in [2.75, 3.05) is 12.3 Å². The summed E-state index contributed by atoms with van der Waals surface area (Å²) >= 11 is 5.92. The van der Waals surface area contributed by atoms with Crippen molar-refractivity contribution in [3.8, 4) is 0 Å². The Bertz CT molecular complexity index is 613. The van der Waals surface area contributed by atoms with E-state index in [2.05, 4.69) is 5.32 Å². The zero-order chi connectivity index (χ0) is 15.1. The summed E-state index contributed by atoms with van der Waals surface area (Å²) < 4.78 is 0. The molecule has 0 spiro atoms. The van der Waals surface area contributed by atoms with Crippen LogP contribution in [0.5, 0.6) is 0 Å². The van der Waals surface area contributed by atoms with Crippen molar-refractivity contribution in [1.82, 2.24) is 5.32 Å². The maximum atomic E-state index is 11.8. The van der Waals surface area contributed by atoms with Gasteiger partial charge in [0.25, 0.3) is 0 Å². The number of nitrogens with two attached hydrogens (primary N) is 1. The third kappa shape index (κ3) is 5.48. The summed E-state index contributed by atoms with van der Waals surface area (Å²) in [6.07, 6.45) is 1.96. The molecule has 0 bridgehead atoms. The average molecular weight is 303 g/mol. The summed E-state index contributed by atoms with van der Waals surface area (Å²) in [4.78, 5) is 11.8. The number of halogens is 1. The first-order valence-electron chi connectivity index (χ1n) is 6.99. The number of aryl methyl sites for hydroxylation is 1. The monoisotopic (exact) mass is 302 g/mol. The van der Waals surface area contributed by atoms with Gasteiger partial charge in [-0.05, 0) is 48.2 Å². The molecule has 0 radical (unpaired) electrons. The van der Waals surface area contributed by atoms with Crippen molar-refractivity contribution in [2.24, 2.45) is 0 Å². The standard InChI is InChI=1S/C17H19ClN2O/c18-15-5-1-3-14(11-15)9-10-20-17(21)8-7-13-4-2-6-16(19)12-13/h1-6,11-12H,7-10,19H2,(H,20,21). The van der Waals surface area contributed by atoms with E-state index in [9.17, 15) is 4.79 Å². The largest absolute Gasteiger partial charge is 0.399 e. The van der Waals surface area contributed by atoms with E-state index in [1.807, 2.05) is 48.5 Å². The third-order valence-electron chi connectivity index (χ3n) is 3.22. The molecule has 0 heterocycles. The van der Waals surface area contributed by atoms with Crippen molar-refractivity contribution in [3.63, 3.8) is 0 Å². The highest BCUT2D eigenvalue weighted by Crippen LogP contribution is 2.11. The van der Waals surface area contributed by atoms with Crippen LogP contribution in [0, 0.1) is 0 Å². The second-order valence-corrected chi connectivity index (χ2v) is 5.41. The number of anilines is 1. The number of nitrogens with one attached hydrogen (secondary N) is 1. The van der Waals surface area contributed by atoms with Gasteiger partial charge in [-0.2, -0.15) is 0 Å². The van der Waals surface area contributed by atoms with Gasteiger partial charge in [0.05, 0.1) is 0 Å². The number of nitrogen functional groups attached to an aromatic ring is 1. The Balaban J connectivity index is 1.70. The highest BCUT2D eigenvalue weighted by atomic mass is 35.5. The van der Waals surface area contributed by atoms with Crippen LogP contribution in [-0.2, 0) is 17.6 Å². The summed E-state index contributed by atoms with van der Waals surface area (Å²) in [6.45, 7) is 0.621. The molecule has 0 saturated heterocycles. The SMILES string of the molecule is Nc1cccc(CCC(=O)NCCc2cccc(Cl)c2)c1. The molecule has 1 amide bonds. The molecule has 110 valence electrons. The van der Waals surface area contributed by atoms with Gasteiger partial charge in [-0.3, -0.25) is 4.79 Å². The van der Waals surface area contributed by atoms with Crippen LogP contribution in [0.2, 0.25) is 5.02 Å². The molecule has 3 nitrogen and oxygen atoms in total. The average Bonchev–Trinajstić information content (AvgIpc) is 2.45. The van der Waals surface area contributed by atoms with E-state index in [1.165, 1.54) is 0 Å². The zero-order valence-corrected chi connectivity index (χ0v) is 12.6. The summed E-state index contributed by atoms with van der Waals surface area (Å²) in [6, 6.07) is 15.3. The van der Waals surface area contributed by atoms with Gasteiger partial charge in [0.15, 0.2) is 0 Å². The van der Waals surface area contributed by atoms with E-state index in [1.54, 1.807) is 0 Å². The number of carbonyl (C=O) groups excluding carboxylic acids is 1. The highest BCUT2D eigenvalue weighted by Gasteiger charge is 2.02. The Morgan fingerprint density at radius 3 is 2.48 bits per heavy atom. The molecular weight excluding hydrogens is 284 g/mol. The van der Waals surface area contributed by atoms with Gasteiger partial charge in [0, 0.05) is 23.7 Å². The number of carbonyl (C=O) groups is 1. The second kappa shape index (κ2) is 7.70. The third-order valence-corrected chi connectivity index (χ3v) is 3.45. The lowest BCUT2D eigenvalue weighted by molar-refractivity contribution is -0.121. The number of rotatable bonds is 6. The van der Waals surface area contributed by atoms with Crippen LogP contribution < -0.4 is 11.1 Å².